The molecule has 35 heavy (non-hydrogen) atoms. The molecule has 0 N–H and O–H groups in total. The lowest BCUT2D eigenvalue weighted by Gasteiger charge is -2.35. The summed E-state index contributed by atoms with van der Waals surface area (Å²) in [4.78, 5) is 8.97. The molecular formula is C26H30Cl2N4O3. The summed E-state index contributed by atoms with van der Waals surface area (Å²) in [5.41, 5.74) is 2.02. The third-order valence-corrected chi connectivity index (χ3v) is 7.15. The van der Waals surface area contributed by atoms with Crippen molar-refractivity contribution >= 4 is 28.9 Å². The Hall–Kier alpha value is -2.29. The molecule has 5 rings (SSSR count). The molecule has 2 aliphatic rings. The number of piperazine rings is 1. The third kappa shape index (κ3) is 5.93. The number of anilines is 1. The van der Waals surface area contributed by atoms with E-state index in [0.29, 0.717) is 23.2 Å². The van der Waals surface area contributed by atoms with Crippen molar-refractivity contribution in [1.82, 2.24) is 14.5 Å². The molecule has 3 aromatic rings. The van der Waals surface area contributed by atoms with Gasteiger partial charge in [-0.1, -0.05) is 36.2 Å². The van der Waals surface area contributed by atoms with E-state index in [0.717, 1.165) is 44.0 Å². The molecule has 0 spiro atoms. The first-order valence-electron chi connectivity index (χ1n) is 12.0. The number of ether oxygens (including phenoxy) is 3. The molecule has 0 amide bonds. The van der Waals surface area contributed by atoms with Crippen LogP contribution in [0.4, 0.5) is 5.69 Å². The van der Waals surface area contributed by atoms with E-state index in [4.69, 9.17) is 37.4 Å². The molecule has 3 heterocycles. The van der Waals surface area contributed by atoms with E-state index in [1.165, 1.54) is 5.69 Å². The van der Waals surface area contributed by atoms with Crippen LogP contribution in [0, 0.1) is 0 Å². The van der Waals surface area contributed by atoms with Gasteiger partial charge in [-0.2, -0.15) is 0 Å². The Labute approximate surface area is 216 Å². The number of nitrogens with zero attached hydrogens (tertiary/aromatic N) is 4. The Kier molecular flexibility index (Phi) is 7.80. The monoisotopic (exact) mass is 516 g/mol. The lowest BCUT2D eigenvalue weighted by atomic mass is 10.0. The zero-order valence-corrected chi connectivity index (χ0v) is 21.2. The Morgan fingerprint density at radius 1 is 1.09 bits per heavy atom. The highest BCUT2D eigenvalue weighted by Crippen LogP contribution is 2.36. The highest BCUT2D eigenvalue weighted by Gasteiger charge is 2.36. The number of rotatable bonds is 8. The zero-order valence-electron chi connectivity index (χ0n) is 19.7. The lowest BCUT2D eigenvalue weighted by molar-refractivity contribution is -0.0851. The van der Waals surface area contributed by atoms with Crippen molar-refractivity contribution in [1.29, 1.82) is 0 Å². The van der Waals surface area contributed by atoms with Crippen molar-refractivity contribution < 1.29 is 14.2 Å². The predicted molar refractivity (Wildman–Crippen MR) is 137 cm³/mol. The van der Waals surface area contributed by atoms with Gasteiger partial charge in [0.15, 0.2) is 12.4 Å². The standard InChI is InChI=1S/C26H30Cl2N4O3/c1-2-30-11-13-32(14-12-30)20-4-6-21(7-5-20)34-26(22-8-3-19(27)15-23(22)28)24-17-33-25(35-24)16-31-10-9-29-18-31/h3-10,15,18,24-26H,2,11-14,16-17H2,1H3/t24-,25-,26?/m0/s1. The van der Waals surface area contributed by atoms with Gasteiger partial charge in [-0.05, 0) is 42.9 Å². The normalized spacial score (nSPS) is 21.9. The quantitative estimate of drug-likeness (QED) is 0.424. The average molecular weight is 517 g/mol. The van der Waals surface area contributed by atoms with Gasteiger partial charge in [0.2, 0.25) is 0 Å². The van der Waals surface area contributed by atoms with Crippen molar-refractivity contribution in [3.63, 3.8) is 0 Å². The van der Waals surface area contributed by atoms with Crippen LogP contribution in [-0.2, 0) is 16.0 Å². The minimum Gasteiger partial charge on any atom is -0.483 e. The highest BCUT2D eigenvalue weighted by atomic mass is 35.5. The molecule has 186 valence electrons. The fraction of sp³-hybridized carbons (Fsp3) is 0.423. The topological polar surface area (TPSA) is 52.0 Å². The first kappa shape index (κ1) is 24.4. The first-order chi connectivity index (χ1) is 17.1. The predicted octanol–water partition coefficient (Wildman–Crippen LogP) is 4.89. The van der Waals surface area contributed by atoms with E-state index in [-0.39, 0.29) is 6.10 Å². The van der Waals surface area contributed by atoms with Crippen molar-refractivity contribution in [2.24, 2.45) is 0 Å². The lowest BCUT2D eigenvalue weighted by Crippen LogP contribution is -2.46. The largest absolute Gasteiger partial charge is 0.483 e. The Bertz CT molecular complexity index is 1090. The molecule has 0 saturated carbocycles. The first-order valence-corrected chi connectivity index (χ1v) is 12.8. The van der Waals surface area contributed by atoms with Crippen molar-refractivity contribution in [2.75, 3.05) is 44.2 Å². The van der Waals surface area contributed by atoms with Gasteiger partial charge in [0.25, 0.3) is 0 Å². The summed E-state index contributed by atoms with van der Waals surface area (Å²) in [7, 11) is 0. The van der Waals surface area contributed by atoms with Crippen LogP contribution in [0.25, 0.3) is 0 Å². The van der Waals surface area contributed by atoms with Gasteiger partial charge < -0.3 is 28.6 Å². The Morgan fingerprint density at radius 2 is 1.89 bits per heavy atom. The van der Waals surface area contributed by atoms with Gasteiger partial charge in [0, 0.05) is 59.9 Å². The number of likely N-dealkylation sites (N-methyl/N-ethyl adjacent to an activating group) is 1. The van der Waals surface area contributed by atoms with E-state index in [1.54, 1.807) is 18.6 Å². The molecule has 0 radical (unpaired) electrons. The summed E-state index contributed by atoms with van der Waals surface area (Å²) >= 11 is 12.7. The molecule has 2 fully saturated rings. The van der Waals surface area contributed by atoms with E-state index in [2.05, 4.69) is 33.8 Å². The summed E-state index contributed by atoms with van der Waals surface area (Å²) in [5.74, 6) is 0.749. The number of halogens is 2. The maximum absolute atomic E-state index is 6.59. The van der Waals surface area contributed by atoms with Gasteiger partial charge in [-0.25, -0.2) is 4.98 Å². The minimum absolute atomic E-state index is 0.330. The van der Waals surface area contributed by atoms with Crippen LogP contribution in [0.1, 0.15) is 18.6 Å². The molecule has 3 atom stereocenters. The fourth-order valence-corrected chi connectivity index (χ4v) is 5.09. The van der Waals surface area contributed by atoms with E-state index in [1.807, 2.05) is 35.0 Å². The van der Waals surface area contributed by atoms with Gasteiger partial charge in [0.05, 0.1) is 19.5 Å². The number of aromatic nitrogens is 2. The molecule has 2 saturated heterocycles. The summed E-state index contributed by atoms with van der Waals surface area (Å²) in [5, 5.41) is 1.11. The molecule has 0 bridgehead atoms. The molecule has 1 unspecified atom stereocenters. The highest BCUT2D eigenvalue weighted by molar-refractivity contribution is 6.35. The van der Waals surface area contributed by atoms with Crippen LogP contribution in [0.2, 0.25) is 10.0 Å². The third-order valence-electron chi connectivity index (χ3n) is 6.58. The van der Waals surface area contributed by atoms with Crippen LogP contribution >= 0.6 is 23.2 Å². The summed E-state index contributed by atoms with van der Waals surface area (Å²) in [6, 6.07) is 13.7. The average Bonchev–Trinajstić information content (AvgIpc) is 3.56. The van der Waals surface area contributed by atoms with Crippen molar-refractivity contribution in [2.45, 2.75) is 32.0 Å². The van der Waals surface area contributed by atoms with E-state index < -0.39 is 12.4 Å². The number of hydrogen-bond donors (Lipinski definition) is 0. The van der Waals surface area contributed by atoms with Gasteiger partial charge in [-0.15, -0.1) is 0 Å². The molecule has 2 aliphatic heterocycles. The van der Waals surface area contributed by atoms with Crippen molar-refractivity contribution in [3.8, 4) is 5.75 Å². The molecule has 9 heteroatoms. The van der Waals surface area contributed by atoms with Crippen LogP contribution in [-0.4, -0.2) is 66.2 Å². The van der Waals surface area contributed by atoms with Crippen LogP contribution in [0.3, 0.4) is 0 Å². The number of imidazole rings is 1. The second kappa shape index (κ2) is 11.2. The van der Waals surface area contributed by atoms with Crippen molar-refractivity contribution in [3.05, 3.63) is 76.8 Å². The van der Waals surface area contributed by atoms with Crippen LogP contribution in [0.15, 0.2) is 61.2 Å². The SMILES string of the molecule is CCN1CCN(c2ccc(OC(c3ccc(Cl)cc3Cl)[C@@H]3CO[C@H](Cn4ccnc4)O3)cc2)CC1. The number of hydrogen-bond acceptors (Lipinski definition) is 6. The van der Waals surface area contributed by atoms with Gasteiger partial charge in [-0.3, -0.25) is 0 Å². The van der Waals surface area contributed by atoms with Crippen LogP contribution < -0.4 is 9.64 Å². The fourth-order valence-electron chi connectivity index (χ4n) is 4.57. The maximum atomic E-state index is 6.59. The second-order valence-electron chi connectivity index (χ2n) is 8.82. The molecule has 1 aromatic heterocycles. The molecule has 0 aliphatic carbocycles. The summed E-state index contributed by atoms with van der Waals surface area (Å²) in [6.07, 6.45) is 4.19. The second-order valence-corrected chi connectivity index (χ2v) is 9.66. The number of benzene rings is 2. The van der Waals surface area contributed by atoms with E-state index >= 15 is 0 Å². The minimum atomic E-state index is -0.452. The summed E-state index contributed by atoms with van der Waals surface area (Å²) < 4.78 is 20.6. The smallest absolute Gasteiger partial charge is 0.176 e. The van der Waals surface area contributed by atoms with Gasteiger partial charge in [0.1, 0.15) is 11.9 Å². The van der Waals surface area contributed by atoms with Gasteiger partial charge >= 0.3 is 0 Å². The molecule has 7 nitrogen and oxygen atoms in total. The molecular weight excluding hydrogens is 487 g/mol. The zero-order chi connectivity index (χ0) is 24.2. The van der Waals surface area contributed by atoms with Crippen LogP contribution in [0.5, 0.6) is 5.75 Å². The Balaban J connectivity index is 1.31. The summed E-state index contributed by atoms with van der Waals surface area (Å²) in [6.45, 7) is 8.50. The molecule has 2 aromatic carbocycles. The Morgan fingerprint density at radius 3 is 2.57 bits per heavy atom. The van der Waals surface area contributed by atoms with E-state index in [9.17, 15) is 0 Å². The maximum Gasteiger partial charge on any atom is 0.176 e.